The van der Waals surface area contributed by atoms with Gasteiger partial charge in [0.2, 0.25) is 0 Å². The van der Waals surface area contributed by atoms with Gasteiger partial charge in [0, 0.05) is 12.2 Å². The molecule has 1 spiro atoms. The molecule has 4 rings (SSSR count). The van der Waals surface area contributed by atoms with Crippen LogP contribution in [0.15, 0.2) is 60.7 Å². The molecule has 0 saturated carbocycles. The number of rotatable bonds is 3. The Morgan fingerprint density at radius 3 is 2.41 bits per heavy atom. The predicted molar refractivity (Wildman–Crippen MR) is 105 cm³/mol. The van der Waals surface area contributed by atoms with E-state index in [0.717, 1.165) is 16.7 Å². The fourth-order valence-electron chi connectivity index (χ4n) is 5.37. The number of aryl methyl sites for hydroxylation is 1. The topological polar surface area (TPSA) is 37.3 Å². The molecule has 3 atom stereocenters. The molecular weight excluding hydrogens is 377 g/mol. The third-order valence-corrected chi connectivity index (χ3v) is 6.61. The van der Waals surface area contributed by atoms with E-state index in [0.29, 0.717) is 12.0 Å². The van der Waals surface area contributed by atoms with Crippen molar-refractivity contribution in [2.24, 2.45) is 17.3 Å². The minimum atomic E-state index is -4.49. The highest BCUT2D eigenvalue weighted by molar-refractivity contribution is 6.04. The van der Waals surface area contributed by atoms with Crippen LogP contribution in [0.5, 0.6) is 0 Å². The lowest BCUT2D eigenvalue weighted by Gasteiger charge is -2.51. The summed E-state index contributed by atoms with van der Waals surface area (Å²) in [7, 11) is 0. The Bertz CT molecular complexity index is 933. The summed E-state index contributed by atoms with van der Waals surface area (Å²) in [6, 6.07) is 16.2. The number of aliphatic hydroxyl groups is 1. The van der Waals surface area contributed by atoms with E-state index < -0.39 is 29.2 Å². The molecule has 5 heteroatoms. The second-order valence-electron chi connectivity index (χ2n) is 7.95. The monoisotopic (exact) mass is 400 g/mol. The fourth-order valence-corrected chi connectivity index (χ4v) is 5.37. The zero-order valence-electron chi connectivity index (χ0n) is 16.0. The van der Waals surface area contributed by atoms with Crippen molar-refractivity contribution in [2.45, 2.75) is 31.9 Å². The van der Waals surface area contributed by atoms with Gasteiger partial charge in [-0.3, -0.25) is 4.79 Å². The van der Waals surface area contributed by atoms with Gasteiger partial charge in [-0.25, -0.2) is 0 Å². The third kappa shape index (κ3) is 3.21. The summed E-state index contributed by atoms with van der Waals surface area (Å²) >= 11 is 0. The van der Waals surface area contributed by atoms with Gasteiger partial charge in [-0.1, -0.05) is 60.7 Å². The lowest BCUT2D eigenvalue weighted by Crippen LogP contribution is -2.54. The molecule has 0 fully saturated rings. The van der Waals surface area contributed by atoms with Crippen LogP contribution in [-0.4, -0.2) is 23.7 Å². The van der Waals surface area contributed by atoms with Crippen LogP contribution < -0.4 is 0 Å². The van der Waals surface area contributed by atoms with Crippen LogP contribution in [0.2, 0.25) is 0 Å². The molecule has 0 heterocycles. The number of hydrogen-bond donors (Lipinski definition) is 1. The summed E-state index contributed by atoms with van der Waals surface area (Å²) in [4.78, 5) is 13.7. The summed E-state index contributed by atoms with van der Waals surface area (Å²) in [6.07, 6.45) is -2.38. The minimum absolute atomic E-state index is 0.126. The third-order valence-electron chi connectivity index (χ3n) is 6.61. The molecule has 1 unspecified atom stereocenters. The van der Waals surface area contributed by atoms with Crippen molar-refractivity contribution in [1.29, 1.82) is 0 Å². The zero-order chi connectivity index (χ0) is 20.6. The van der Waals surface area contributed by atoms with Gasteiger partial charge in [-0.15, -0.1) is 0 Å². The van der Waals surface area contributed by atoms with E-state index in [9.17, 15) is 23.1 Å². The standard InChI is InChI=1S/C24H23F3O2/c25-24(26,27)21-11-10-18(16-6-2-1-3-7-16)20(13-15-28)23(21)14-12-17-8-4-5-9-19(17)22(23)29/h1-10,20-21,28H,11-15H2/t20-,21+,23?/m0/s1. The second kappa shape index (κ2) is 7.45. The van der Waals surface area contributed by atoms with E-state index in [2.05, 4.69) is 0 Å². The number of fused-ring (bicyclic) bond motifs is 1. The Labute approximate surface area is 168 Å². The lowest BCUT2D eigenvalue weighted by atomic mass is 9.51. The molecule has 2 aliphatic carbocycles. The summed E-state index contributed by atoms with van der Waals surface area (Å²) in [5, 5.41) is 9.75. The first-order valence-corrected chi connectivity index (χ1v) is 9.95. The molecule has 152 valence electrons. The van der Waals surface area contributed by atoms with Crippen LogP contribution in [0.4, 0.5) is 13.2 Å². The van der Waals surface area contributed by atoms with Gasteiger partial charge >= 0.3 is 6.18 Å². The summed E-state index contributed by atoms with van der Waals surface area (Å²) in [6.45, 7) is -0.268. The van der Waals surface area contributed by atoms with Crippen molar-refractivity contribution in [1.82, 2.24) is 0 Å². The number of aliphatic hydroxyl groups excluding tert-OH is 1. The summed E-state index contributed by atoms with van der Waals surface area (Å²) < 4.78 is 42.7. The van der Waals surface area contributed by atoms with Gasteiger partial charge < -0.3 is 5.11 Å². The average Bonchev–Trinajstić information content (AvgIpc) is 2.72. The van der Waals surface area contributed by atoms with Crippen molar-refractivity contribution < 1.29 is 23.1 Å². The first-order chi connectivity index (χ1) is 13.9. The van der Waals surface area contributed by atoms with Crippen molar-refractivity contribution >= 4 is 11.4 Å². The Morgan fingerprint density at radius 1 is 1.03 bits per heavy atom. The van der Waals surface area contributed by atoms with Crippen LogP contribution in [0, 0.1) is 17.3 Å². The fraction of sp³-hybridized carbons (Fsp3) is 0.375. The van der Waals surface area contributed by atoms with E-state index in [1.54, 1.807) is 18.2 Å². The maximum atomic E-state index is 14.2. The number of Topliss-reactive ketones (excluding diaryl/α,β-unsaturated/α-hetero) is 1. The molecule has 2 aromatic carbocycles. The van der Waals surface area contributed by atoms with Crippen molar-refractivity contribution in [3.8, 4) is 0 Å². The predicted octanol–water partition coefficient (Wildman–Crippen LogP) is 5.47. The molecule has 0 radical (unpaired) electrons. The number of carbonyl (C=O) groups excluding carboxylic acids is 1. The number of allylic oxidation sites excluding steroid dienone is 2. The molecule has 2 aromatic rings. The molecule has 29 heavy (non-hydrogen) atoms. The molecule has 0 bridgehead atoms. The number of benzene rings is 2. The van der Waals surface area contributed by atoms with E-state index in [4.69, 9.17) is 0 Å². The van der Waals surface area contributed by atoms with Crippen LogP contribution in [0.1, 0.15) is 40.7 Å². The van der Waals surface area contributed by atoms with E-state index in [1.807, 2.05) is 42.5 Å². The Hall–Kier alpha value is -2.40. The van der Waals surface area contributed by atoms with Crippen LogP contribution >= 0.6 is 0 Å². The number of hydrogen-bond acceptors (Lipinski definition) is 2. The Balaban J connectivity index is 1.92. The lowest BCUT2D eigenvalue weighted by molar-refractivity contribution is -0.207. The van der Waals surface area contributed by atoms with E-state index in [1.165, 1.54) is 0 Å². The molecule has 0 amide bonds. The minimum Gasteiger partial charge on any atom is -0.396 e. The van der Waals surface area contributed by atoms with Crippen LogP contribution in [0.25, 0.3) is 5.57 Å². The van der Waals surface area contributed by atoms with Gasteiger partial charge in [-0.2, -0.15) is 13.2 Å². The van der Waals surface area contributed by atoms with Gasteiger partial charge in [-0.05, 0) is 48.3 Å². The number of carbonyl (C=O) groups is 1. The Morgan fingerprint density at radius 2 is 1.72 bits per heavy atom. The zero-order valence-corrected chi connectivity index (χ0v) is 16.0. The van der Waals surface area contributed by atoms with Crippen LogP contribution in [0.3, 0.4) is 0 Å². The number of halogens is 3. The van der Waals surface area contributed by atoms with Gasteiger partial charge in [0.05, 0.1) is 11.3 Å². The molecular formula is C24H23F3O2. The van der Waals surface area contributed by atoms with Crippen molar-refractivity contribution in [2.75, 3.05) is 6.61 Å². The molecule has 2 aliphatic rings. The molecule has 0 aliphatic heterocycles. The van der Waals surface area contributed by atoms with E-state index in [-0.39, 0.29) is 25.9 Å². The smallest absolute Gasteiger partial charge is 0.393 e. The Kier molecular flexibility index (Phi) is 5.11. The summed E-state index contributed by atoms with van der Waals surface area (Å²) in [5.41, 5.74) is 1.17. The first kappa shape index (κ1) is 19.9. The maximum Gasteiger partial charge on any atom is 0.393 e. The first-order valence-electron chi connectivity index (χ1n) is 9.95. The number of ketones is 1. The van der Waals surface area contributed by atoms with Gasteiger partial charge in [0.15, 0.2) is 5.78 Å². The average molecular weight is 400 g/mol. The highest BCUT2D eigenvalue weighted by Crippen LogP contribution is 2.60. The maximum absolute atomic E-state index is 14.2. The molecule has 0 aromatic heterocycles. The molecule has 0 saturated heterocycles. The van der Waals surface area contributed by atoms with E-state index >= 15 is 0 Å². The number of alkyl halides is 3. The van der Waals surface area contributed by atoms with Crippen molar-refractivity contribution in [3.63, 3.8) is 0 Å². The highest BCUT2D eigenvalue weighted by atomic mass is 19.4. The normalized spacial score (nSPS) is 26.9. The van der Waals surface area contributed by atoms with Gasteiger partial charge in [0.1, 0.15) is 0 Å². The second-order valence-corrected chi connectivity index (χ2v) is 7.95. The molecule has 1 N–H and O–H groups in total. The van der Waals surface area contributed by atoms with Crippen LogP contribution in [-0.2, 0) is 6.42 Å². The van der Waals surface area contributed by atoms with Gasteiger partial charge in [0.25, 0.3) is 0 Å². The summed E-state index contributed by atoms with van der Waals surface area (Å²) in [5.74, 6) is -2.86. The SMILES string of the molecule is O=C1c2ccccc2CCC12[C@@H](CCO)C(c1ccccc1)=CC[C@H]2C(F)(F)F. The highest BCUT2D eigenvalue weighted by Gasteiger charge is 2.63. The quantitative estimate of drug-likeness (QED) is 0.742. The largest absolute Gasteiger partial charge is 0.396 e. The molecule has 2 nitrogen and oxygen atoms in total. The van der Waals surface area contributed by atoms with Crippen molar-refractivity contribution in [3.05, 3.63) is 77.4 Å².